The summed E-state index contributed by atoms with van der Waals surface area (Å²) >= 11 is 1.57. The Kier molecular flexibility index (Phi) is 7.26. The fraction of sp³-hybridized carbons (Fsp3) is 0.611. The third-order valence-corrected chi connectivity index (χ3v) is 6.15. The normalized spacial score (nSPS) is 28.6. The molecular weight excluding hydrogens is 344 g/mol. The molecule has 0 aromatic heterocycles. The van der Waals surface area contributed by atoms with Crippen molar-refractivity contribution < 1.29 is 9.53 Å². The van der Waals surface area contributed by atoms with Gasteiger partial charge in [-0.2, -0.15) is 0 Å². The maximum absolute atomic E-state index is 12.3. The van der Waals surface area contributed by atoms with Gasteiger partial charge in [-0.05, 0) is 61.8 Å². The summed E-state index contributed by atoms with van der Waals surface area (Å²) in [6.45, 7) is 0. The van der Waals surface area contributed by atoms with Gasteiger partial charge in [-0.25, -0.2) is 0 Å². The first-order chi connectivity index (χ1) is 11.2. The number of hydrogen-bond acceptors (Lipinski definition) is 4. The quantitative estimate of drug-likeness (QED) is 0.781. The van der Waals surface area contributed by atoms with E-state index in [-0.39, 0.29) is 18.3 Å². The lowest BCUT2D eigenvalue weighted by Gasteiger charge is -2.45. The van der Waals surface area contributed by atoms with E-state index < -0.39 is 0 Å². The molecule has 2 bridgehead atoms. The Hall–Kier alpha value is -0.910. The minimum absolute atomic E-state index is 0. The molecule has 3 N–H and O–H groups in total. The third-order valence-electron chi connectivity index (χ3n) is 5.13. The van der Waals surface area contributed by atoms with E-state index in [0.29, 0.717) is 29.7 Å². The Morgan fingerprint density at radius 1 is 1.25 bits per heavy atom. The van der Waals surface area contributed by atoms with Crippen LogP contribution in [0, 0.1) is 11.8 Å². The van der Waals surface area contributed by atoms with Crippen LogP contribution in [0.5, 0.6) is 5.75 Å². The number of ether oxygens (including phenoxy) is 1. The molecule has 2 fully saturated rings. The predicted molar refractivity (Wildman–Crippen MR) is 101 cm³/mol. The fourth-order valence-corrected chi connectivity index (χ4v) is 4.78. The highest BCUT2D eigenvalue weighted by molar-refractivity contribution is 8.00. The number of amides is 1. The van der Waals surface area contributed by atoms with Crippen LogP contribution in [0.2, 0.25) is 0 Å². The molecule has 2 atom stereocenters. The summed E-state index contributed by atoms with van der Waals surface area (Å²) in [6, 6.07) is 8.50. The predicted octanol–water partition coefficient (Wildman–Crippen LogP) is 3.23. The van der Waals surface area contributed by atoms with Crippen molar-refractivity contribution in [3.63, 3.8) is 0 Å². The highest BCUT2D eigenvalue weighted by atomic mass is 35.5. The molecule has 6 heteroatoms. The number of rotatable bonds is 5. The first-order valence-electron chi connectivity index (χ1n) is 8.47. The van der Waals surface area contributed by atoms with Crippen molar-refractivity contribution in [2.24, 2.45) is 17.6 Å². The van der Waals surface area contributed by atoms with Crippen LogP contribution < -0.4 is 15.8 Å². The summed E-state index contributed by atoms with van der Waals surface area (Å²) in [7, 11) is 1.66. The van der Waals surface area contributed by atoms with Crippen LogP contribution in [0.3, 0.4) is 0 Å². The van der Waals surface area contributed by atoms with E-state index in [4.69, 9.17) is 10.5 Å². The molecule has 134 valence electrons. The van der Waals surface area contributed by atoms with E-state index in [9.17, 15) is 4.79 Å². The third kappa shape index (κ3) is 4.80. The van der Waals surface area contributed by atoms with Gasteiger partial charge in [0.25, 0.3) is 0 Å². The molecule has 0 radical (unpaired) electrons. The molecule has 1 aromatic carbocycles. The molecule has 2 aliphatic rings. The summed E-state index contributed by atoms with van der Waals surface area (Å²) < 4.78 is 5.15. The zero-order valence-corrected chi connectivity index (χ0v) is 15.7. The summed E-state index contributed by atoms with van der Waals surface area (Å²) in [5.41, 5.74) is 6.15. The van der Waals surface area contributed by atoms with Gasteiger partial charge in [-0.1, -0.05) is 6.42 Å². The van der Waals surface area contributed by atoms with Gasteiger partial charge in [0.1, 0.15) is 5.75 Å². The van der Waals surface area contributed by atoms with E-state index >= 15 is 0 Å². The Morgan fingerprint density at radius 2 is 1.88 bits per heavy atom. The average molecular weight is 371 g/mol. The zero-order valence-electron chi connectivity index (χ0n) is 14.1. The van der Waals surface area contributed by atoms with Gasteiger partial charge < -0.3 is 15.8 Å². The van der Waals surface area contributed by atoms with Crippen LogP contribution in [-0.2, 0) is 4.79 Å². The number of fused-ring (bicyclic) bond motifs is 2. The van der Waals surface area contributed by atoms with Gasteiger partial charge in [0.15, 0.2) is 0 Å². The maximum atomic E-state index is 12.3. The highest BCUT2D eigenvalue weighted by Gasteiger charge is 2.39. The molecular formula is C18H27ClN2O2S. The average Bonchev–Trinajstić information content (AvgIpc) is 2.54. The second-order valence-electron chi connectivity index (χ2n) is 6.74. The Bertz CT molecular complexity index is 526. The van der Waals surface area contributed by atoms with Crippen LogP contribution in [0.1, 0.15) is 32.1 Å². The van der Waals surface area contributed by atoms with Crippen molar-refractivity contribution in [3.8, 4) is 5.75 Å². The number of nitrogens with two attached hydrogens (primary N) is 1. The van der Waals surface area contributed by atoms with E-state index in [1.54, 1.807) is 18.9 Å². The molecule has 24 heavy (non-hydrogen) atoms. The lowest BCUT2D eigenvalue weighted by molar-refractivity contribution is -0.120. The van der Waals surface area contributed by atoms with Crippen molar-refractivity contribution >= 4 is 30.1 Å². The maximum Gasteiger partial charge on any atom is 0.230 e. The van der Waals surface area contributed by atoms with Gasteiger partial charge in [0.2, 0.25) is 5.91 Å². The standard InChI is InChI=1S/C18H26N2O2S.ClH/c1-22-15-5-7-16(8-6-15)23-11-17(21)20-18-12-3-2-4-13(18)10-14(19)9-12;/h5-8,12-14,18H,2-4,9-11,19H2,1H3,(H,20,21);1H. The summed E-state index contributed by atoms with van der Waals surface area (Å²) in [4.78, 5) is 13.4. The minimum atomic E-state index is 0. The molecule has 4 nitrogen and oxygen atoms in total. The van der Waals surface area contributed by atoms with Gasteiger partial charge >= 0.3 is 0 Å². The van der Waals surface area contributed by atoms with Crippen molar-refractivity contribution in [1.82, 2.24) is 5.32 Å². The summed E-state index contributed by atoms with van der Waals surface area (Å²) in [5, 5.41) is 3.29. The van der Waals surface area contributed by atoms with Gasteiger partial charge in [-0.3, -0.25) is 4.79 Å². The van der Waals surface area contributed by atoms with Crippen LogP contribution in [0.15, 0.2) is 29.2 Å². The van der Waals surface area contributed by atoms with Crippen molar-refractivity contribution in [2.75, 3.05) is 12.9 Å². The summed E-state index contributed by atoms with van der Waals surface area (Å²) in [5.74, 6) is 2.60. The number of thioether (sulfide) groups is 1. The second-order valence-corrected chi connectivity index (χ2v) is 7.79. The van der Waals surface area contributed by atoms with Gasteiger partial charge in [-0.15, -0.1) is 24.2 Å². The number of methoxy groups -OCH3 is 1. The zero-order chi connectivity index (χ0) is 16.2. The van der Waals surface area contributed by atoms with Crippen LogP contribution >= 0.6 is 24.2 Å². The molecule has 0 spiro atoms. The molecule has 2 unspecified atom stereocenters. The number of benzene rings is 1. The van der Waals surface area contributed by atoms with Crippen LogP contribution in [-0.4, -0.2) is 30.9 Å². The van der Waals surface area contributed by atoms with E-state index in [1.165, 1.54) is 19.3 Å². The first kappa shape index (κ1) is 19.4. The monoisotopic (exact) mass is 370 g/mol. The minimum Gasteiger partial charge on any atom is -0.497 e. The van der Waals surface area contributed by atoms with Crippen LogP contribution in [0.4, 0.5) is 0 Å². The van der Waals surface area contributed by atoms with Crippen LogP contribution in [0.25, 0.3) is 0 Å². The van der Waals surface area contributed by atoms with E-state index in [2.05, 4.69) is 5.32 Å². The van der Waals surface area contributed by atoms with Gasteiger partial charge in [0.05, 0.1) is 12.9 Å². The molecule has 1 amide bonds. The van der Waals surface area contributed by atoms with Gasteiger partial charge in [0, 0.05) is 17.0 Å². The van der Waals surface area contributed by atoms with E-state index in [1.807, 2.05) is 24.3 Å². The summed E-state index contributed by atoms with van der Waals surface area (Å²) in [6.07, 6.45) is 5.83. The Labute approximate surface area is 154 Å². The topological polar surface area (TPSA) is 64.3 Å². The van der Waals surface area contributed by atoms with Crippen molar-refractivity contribution in [2.45, 2.75) is 49.1 Å². The lowest BCUT2D eigenvalue weighted by atomic mass is 9.67. The number of halogens is 1. The number of hydrogen-bond donors (Lipinski definition) is 2. The second kappa shape index (κ2) is 8.97. The number of carbonyl (C=O) groups is 1. The Balaban J connectivity index is 0.00000208. The van der Waals surface area contributed by atoms with Crippen molar-refractivity contribution in [3.05, 3.63) is 24.3 Å². The van der Waals surface area contributed by atoms with E-state index in [0.717, 1.165) is 23.5 Å². The lowest BCUT2D eigenvalue weighted by Crippen LogP contribution is -2.54. The first-order valence-corrected chi connectivity index (χ1v) is 9.46. The molecule has 1 aromatic rings. The molecule has 0 aliphatic heterocycles. The molecule has 3 rings (SSSR count). The smallest absolute Gasteiger partial charge is 0.230 e. The highest BCUT2D eigenvalue weighted by Crippen LogP contribution is 2.39. The number of carbonyl (C=O) groups excluding carboxylic acids is 1. The fourth-order valence-electron chi connectivity index (χ4n) is 4.07. The SMILES string of the molecule is COc1ccc(SCC(=O)NC2C3CCCC2CC(N)C3)cc1.Cl. The Morgan fingerprint density at radius 3 is 2.46 bits per heavy atom. The molecule has 2 saturated carbocycles. The number of nitrogens with one attached hydrogen (secondary N) is 1. The molecule has 0 heterocycles. The van der Waals surface area contributed by atoms with Crippen molar-refractivity contribution in [1.29, 1.82) is 0 Å². The largest absolute Gasteiger partial charge is 0.497 e. The molecule has 2 aliphatic carbocycles. The molecule has 0 saturated heterocycles.